The fourth-order valence-corrected chi connectivity index (χ4v) is 8.70. The Bertz CT molecular complexity index is 2650. The van der Waals surface area contributed by atoms with Gasteiger partial charge in [-0.2, -0.15) is 0 Å². The summed E-state index contributed by atoms with van der Waals surface area (Å²) in [5.74, 6) is 0.728. The van der Waals surface area contributed by atoms with E-state index in [-0.39, 0.29) is 0 Å². The van der Waals surface area contributed by atoms with Gasteiger partial charge in [-0.05, 0) is 118 Å². The maximum absolute atomic E-state index is 2.38. The number of benzene rings is 8. The second-order valence-corrected chi connectivity index (χ2v) is 14.9. The minimum atomic E-state index is 0.728. The maximum Gasteiger partial charge on any atom is 0.0541 e. The molecule has 1 aliphatic carbocycles. The Labute approximate surface area is 323 Å². The second-order valence-electron chi connectivity index (χ2n) is 14.9. The number of anilines is 3. The number of nitrogens with zero attached hydrogens (tertiary/aromatic N) is 2. The summed E-state index contributed by atoms with van der Waals surface area (Å²) in [5.41, 5.74) is 15.8. The first-order valence-electron chi connectivity index (χ1n) is 19.6. The van der Waals surface area contributed by atoms with E-state index in [1.54, 1.807) is 0 Å². The topological polar surface area (TPSA) is 8.17 Å². The van der Waals surface area contributed by atoms with Gasteiger partial charge in [0.25, 0.3) is 0 Å². The van der Waals surface area contributed by atoms with E-state index < -0.39 is 0 Å². The van der Waals surface area contributed by atoms with Gasteiger partial charge in [0.1, 0.15) is 0 Å². The largest absolute Gasteiger partial charge is 0.311 e. The Hall–Kier alpha value is -6.64. The van der Waals surface area contributed by atoms with Crippen LogP contribution < -0.4 is 4.90 Å². The van der Waals surface area contributed by atoms with Crippen molar-refractivity contribution in [3.8, 4) is 39.1 Å². The molecule has 0 atom stereocenters. The molecule has 0 unspecified atom stereocenters. The van der Waals surface area contributed by atoms with Crippen molar-refractivity contribution in [2.24, 2.45) is 0 Å². The Morgan fingerprint density at radius 3 is 1.18 bits per heavy atom. The molecule has 1 aromatic heterocycles. The van der Waals surface area contributed by atoms with Crippen LogP contribution in [-0.4, -0.2) is 4.57 Å². The molecule has 0 saturated heterocycles. The lowest BCUT2D eigenvalue weighted by molar-refractivity contribution is 0.723. The van der Waals surface area contributed by atoms with Gasteiger partial charge in [0.05, 0.1) is 11.0 Å². The monoisotopic (exact) mass is 706 g/mol. The second kappa shape index (κ2) is 14.3. The van der Waals surface area contributed by atoms with Crippen LogP contribution in [0.2, 0.25) is 0 Å². The average molecular weight is 707 g/mol. The number of hydrogen-bond donors (Lipinski definition) is 0. The van der Waals surface area contributed by atoms with Crippen LogP contribution in [0.15, 0.2) is 200 Å². The van der Waals surface area contributed by atoms with E-state index in [1.165, 1.54) is 86.4 Å². The van der Waals surface area contributed by atoms with Crippen LogP contribution in [-0.2, 0) is 0 Å². The van der Waals surface area contributed by atoms with E-state index in [0.29, 0.717) is 0 Å². The van der Waals surface area contributed by atoms with E-state index in [4.69, 9.17) is 0 Å². The molecule has 2 heteroatoms. The van der Waals surface area contributed by atoms with E-state index in [2.05, 4.69) is 210 Å². The molecule has 264 valence electrons. The van der Waals surface area contributed by atoms with E-state index in [0.717, 1.165) is 28.7 Å². The molecule has 8 aromatic carbocycles. The van der Waals surface area contributed by atoms with Crippen LogP contribution in [0.3, 0.4) is 0 Å². The molecular formula is C53H42N2. The summed E-state index contributed by atoms with van der Waals surface area (Å²) < 4.78 is 2.38. The summed E-state index contributed by atoms with van der Waals surface area (Å²) in [6, 6.07) is 73.2. The van der Waals surface area contributed by atoms with Gasteiger partial charge in [-0.15, -0.1) is 0 Å². The van der Waals surface area contributed by atoms with E-state index in [1.807, 2.05) is 0 Å². The van der Waals surface area contributed by atoms with Crippen molar-refractivity contribution in [2.45, 2.75) is 31.6 Å². The third-order valence-corrected chi connectivity index (χ3v) is 11.6. The van der Waals surface area contributed by atoms with Crippen LogP contribution in [0.5, 0.6) is 0 Å². The summed E-state index contributed by atoms with van der Waals surface area (Å²) in [6.07, 6.45) is 5.37. The quantitative estimate of drug-likeness (QED) is 0.153. The average Bonchev–Trinajstić information content (AvgIpc) is 3.93. The van der Waals surface area contributed by atoms with Crippen LogP contribution in [0, 0.1) is 0 Å². The third-order valence-electron chi connectivity index (χ3n) is 11.6. The molecule has 10 rings (SSSR count). The summed E-state index contributed by atoms with van der Waals surface area (Å²) in [6.45, 7) is 0. The van der Waals surface area contributed by atoms with Crippen molar-refractivity contribution < 1.29 is 0 Å². The fourth-order valence-electron chi connectivity index (χ4n) is 8.70. The lowest BCUT2D eigenvalue weighted by Gasteiger charge is -2.26. The molecule has 0 aliphatic heterocycles. The highest BCUT2D eigenvalue weighted by atomic mass is 15.1. The Morgan fingerprint density at radius 2 is 0.709 bits per heavy atom. The van der Waals surface area contributed by atoms with Crippen molar-refractivity contribution in [3.05, 3.63) is 206 Å². The molecule has 1 saturated carbocycles. The van der Waals surface area contributed by atoms with Crippen LogP contribution in [0.1, 0.15) is 37.2 Å². The molecule has 0 radical (unpaired) electrons. The smallest absolute Gasteiger partial charge is 0.0541 e. The number of rotatable bonds is 8. The van der Waals surface area contributed by atoms with E-state index in [9.17, 15) is 0 Å². The molecular weight excluding hydrogens is 665 g/mol. The van der Waals surface area contributed by atoms with E-state index >= 15 is 0 Å². The molecule has 55 heavy (non-hydrogen) atoms. The minimum absolute atomic E-state index is 0.728. The third kappa shape index (κ3) is 6.30. The lowest BCUT2D eigenvalue weighted by Crippen LogP contribution is -2.10. The molecule has 0 spiro atoms. The maximum atomic E-state index is 2.38. The Balaban J connectivity index is 1.000. The summed E-state index contributed by atoms with van der Waals surface area (Å²) >= 11 is 0. The van der Waals surface area contributed by atoms with Gasteiger partial charge < -0.3 is 9.47 Å². The van der Waals surface area contributed by atoms with Crippen LogP contribution in [0.25, 0.3) is 60.9 Å². The predicted molar refractivity (Wildman–Crippen MR) is 233 cm³/mol. The first kappa shape index (κ1) is 33.0. The highest BCUT2D eigenvalue weighted by Gasteiger charge is 2.18. The van der Waals surface area contributed by atoms with Gasteiger partial charge in [-0.3, -0.25) is 0 Å². The lowest BCUT2D eigenvalue weighted by atomic mass is 9.95. The van der Waals surface area contributed by atoms with Gasteiger partial charge in [0.15, 0.2) is 0 Å². The van der Waals surface area contributed by atoms with Gasteiger partial charge in [0.2, 0.25) is 0 Å². The fraction of sp³-hybridized carbons (Fsp3) is 0.0943. The zero-order chi connectivity index (χ0) is 36.6. The molecule has 0 N–H and O–H groups in total. The normalized spacial score (nSPS) is 13.1. The number of para-hydroxylation sites is 2. The number of fused-ring (bicyclic) bond motifs is 3. The van der Waals surface area contributed by atoms with Gasteiger partial charge >= 0.3 is 0 Å². The number of aromatic nitrogens is 1. The molecule has 9 aromatic rings. The van der Waals surface area contributed by atoms with Crippen molar-refractivity contribution in [3.63, 3.8) is 0 Å². The van der Waals surface area contributed by atoms with Crippen molar-refractivity contribution in [1.29, 1.82) is 0 Å². The summed E-state index contributed by atoms with van der Waals surface area (Å²) in [7, 11) is 0. The molecule has 1 fully saturated rings. The predicted octanol–water partition coefficient (Wildman–Crippen LogP) is 14.9. The molecule has 1 aliphatic rings. The first-order valence-corrected chi connectivity index (χ1v) is 19.6. The Morgan fingerprint density at radius 1 is 0.345 bits per heavy atom. The van der Waals surface area contributed by atoms with Crippen LogP contribution in [0.4, 0.5) is 17.1 Å². The molecule has 0 bridgehead atoms. The van der Waals surface area contributed by atoms with Crippen molar-refractivity contribution in [2.75, 3.05) is 4.90 Å². The molecule has 0 amide bonds. The Kier molecular flexibility index (Phi) is 8.57. The summed E-state index contributed by atoms with van der Waals surface area (Å²) in [4.78, 5) is 2.37. The standard InChI is InChI=1S/C53H42N2/c1-2-10-38(11-3-1)40-18-22-42(23-19-40)44-26-30-46(31-27-44)54(47-32-28-45(29-33-47)43-24-20-41(21-25-43)39-12-4-5-13-39)48-34-36-49(37-35-48)55-52-16-8-6-14-50(52)51-15-7-9-17-53(51)55/h1-3,6-11,14-37,39H,4-5,12-13H2. The highest BCUT2D eigenvalue weighted by molar-refractivity contribution is 6.09. The minimum Gasteiger partial charge on any atom is -0.311 e. The molecule has 1 heterocycles. The number of hydrogen-bond acceptors (Lipinski definition) is 1. The first-order chi connectivity index (χ1) is 27.3. The zero-order valence-corrected chi connectivity index (χ0v) is 30.9. The zero-order valence-electron chi connectivity index (χ0n) is 30.9. The van der Waals surface area contributed by atoms with Crippen LogP contribution >= 0.6 is 0 Å². The van der Waals surface area contributed by atoms with Crippen molar-refractivity contribution in [1.82, 2.24) is 4.57 Å². The SMILES string of the molecule is c1ccc(-c2ccc(-c3ccc(N(c4ccc(-c5ccc(C6CCCC6)cc5)cc4)c4ccc(-n5c6ccccc6c6ccccc65)cc4)cc3)cc2)cc1. The summed E-state index contributed by atoms with van der Waals surface area (Å²) in [5, 5.41) is 2.54. The van der Waals surface area contributed by atoms with Gasteiger partial charge in [-0.1, -0.05) is 152 Å². The highest BCUT2D eigenvalue weighted by Crippen LogP contribution is 2.39. The van der Waals surface area contributed by atoms with Gasteiger partial charge in [0, 0.05) is 33.5 Å². The van der Waals surface area contributed by atoms with Crippen molar-refractivity contribution >= 4 is 38.9 Å². The van der Waals surface area contributed by atoms with Gasteiger partial charge in [-0.25, -0.2) is 0 Å². The molecule has 2 nitrogen and oxygen atoms in total.